The maximum absolute atomic E-state index is 11.7. The summed E-state index contributed by atoms with van der Waals surface area (Å²) in [5.74, 6) is -0.508. The summed E-state index contributed by atoms with van der Waals surface area (Å²) in [6.07, 6.45) is -4.75. The van der Waals surface area contributed by atoms with Gasteiger partial charge < -0.3 is 4.74 Å². The first-order valence-corrected chi connectivity index (χ1v) is 3.19. The molecule has 2 nitrogen and oxygen atoms in total. The Balaban J connectivity index is 2.86. The van der Waals surface area contributed by atoms with Crippen LogP contribution in [0, 0.1) is 17.4 Å². The summed E-state index contributed by atoms with van der Waals surface area (Å²) < 4.78 is 38.5. The lowest BCUT2D eigenvalue weighted by molar-refractivity contribution is -0.274. The van der Waals surface area contributed by atoms with Crippen LogP contribution >= 0.6 is 0 Å². The number of nitriles is 1. The van der Waals surface area contributed by atoms with Gasteiger partial charge in [-0.05, 0) is 18.2 Å². The minimum Gasteiger partial charge on any atom is -0.405 e. The van der Waals surface area contributed by atoms with Crippen LogP contribution in [0.2, 0.25) is 0 Å². The van der Waals surface area contributed by atoms with Gasteiger partial charge in [0.05, 0.1) is 11.6 Å². The Kier molecular flexibility index (Phi) is 2.42. The van der Waals surface area contributed by atoms with Crippen LogP contribution in [0.5, 0.6) is 5.75 Å². The maximum Gasteiger partial charge on any atom is 0.573 e. The lowest BCUT2D eigenvalue weighted by atomic mass is 10.2. The second-order valence-electron chi connectivity index (χ2n) is 2.10. The average Bonchev–Trinajstić information content (AvgIpc) is 2.01. The Morgan fingerprint density at radius 2 is 2.15 bits per heavy atom. The van der Waals surface area contributed by atoms with E-state index in [1.807, 2.05) is 0 Å². The molecule has 13 heavy (non-hydrogen) atoms. The SMILES string of the molecule is N#Cc1cc[c]c(OC(F)(F)F)c1. The molecule has 0 aromatic heterocycles. The summed E-state index contributed by atoms with van der Waals surface area (Å²) in [6, 6.07) is 7.39. The molecule has 0 N–H and O–H groups in total. The highest BCUT2D eigenvalue weighted by Crippen LogP contribution is 2.22. The van der Waals surface area contributed by atoms with E-state index in [0.717, 1.165) is 6.07 Å². The predicted octanol–water partition coefficient (Wildman–Crippen LogP) is 2.26. The Morgan fingerprint density at radius 1 is 1.46 bits per heavy atom. The molecule has 5 heteroatoms. The molecule has 0 heterocycles. The van der Waals surface area contributed by atoms with Crippen molar-refractivity contribution in [2.75, 3.05) is 0 Å². The largest absolute Gasteiger partial charge is 0.573 e. The molecule has 0 saturated carbocycles. The van der Waals surface area contributed by atoms with Crippen molar-refractivity contribution in [1.82, 2.24) is 0 Å². The zero-order valence-corrected chi connectivity index (χ0v) is 6.22. The first-order valence-electron chi connectivity index (χ1n) is 3.19. The van der Waals surface area contributed by atoms with Crippen molar-refractivity contribution in [3.05, 3.63) is 29.8 Å². The van der Waals surface area contributed by atoms with Gasteiger partial charge in [0.15, 0.2) is 0 Å². The van der Waals surface area contributed by atoms with E-state index in [1.54, 1.807) is 6.07 Å². The van der Waals surface area contributed by atoms with Crippen molar-refractivity contribution < 1.29 is 17.9 Å². The van der Waals surface area contributed by atoms with Crippen molar-refractivity contribution in [2.45, 2.75) is 6.36 Å². The minimum atomic E-state index is -4.75. The van der Waals surface area contributed by atoms with Crippen molar-refractivity contribution in [3.63, 3.8) is 0 Å². The zero-order chi connectivity index (χ0) is 9.90. The first kappa shape index (κ1) is 9.39. The molecule has 67 valence electrons. The Hall–Kier alpha value is -1.70. The fraction of sp³-hybridized carbons (Fsp3) is 0.125. The van der Waals surface area contributed by atoms with E-state index in [0.29, 0.717) is 0 Å². The second-order valence-corrected chi connectivity index (χ2v) is 2.10. The fourth-order valence-corrected chi connectivity index (χ4v) is 0.698. The summed E-state index contributed by atoms with van der Waals surface area (Å²) in [6.45, 7) is 0. The number of alkyl halides is 3. The number of nitrogens with zero attached hydrogens (tertiary/aromatic N) is 1. The zero-order valence-electron chi connectivity index (χ0n) is 6.22. The van der Waals surface area contributed by atoms with Crippen molar-refractivity contribution in [2.24, 2.45) is 0 Å². The molecule has 0 amide bonds. The van der Waals surface area contributed by atoms with Gasteiger partial charge in [-0.3, -0.25) is 0 Å². The number of hydrogen-bond donors (Lipinski definition) is 0. The Labute approximate surface area is 72.2 Å². The summed E-state index contributed by atoms with van der Waals surface area (Å²) >= 11 is 0. The number of rotatable bonds is 1. The van der Waals surface area contributed by atoms with E-state index in [-0.39, 0.29) is 5.56 Å². The van der Waals surface area contributed by atoms with Gasteiger partial charge in [0.25, 0.3) is 0 Å². The Bertz CT molecular complexity index is 340. The van der Waals surface area contributed by atoms with E-state index in [4.69, 9.17) is 5.26 Å². The van der Waals surface area contributed by atoms with Crippen LogP contribution in [-0.2, 0) is 0 Å². The molecule has 0 atom stereocenters. The predicted molar refractivity (Wildman–Crippen MR) is 36.7 cm³/mol. The smallest absolute Gasteiger partial charge is 0.405 e. The standard InChI is InChI=1S/C8H3F3NO/c9-8(10,11)13-7-3-1-2-6(4-7)5-12/h1-2,4H. The molecular weight excluding hydrogens is 183 g/mol. The summed E-state index contributed by atoms with van der Waals surface area (Å²) in [5, 5.41) is 8.36. The topological polar surface area (TPSA) is 33.0 Å². The minimum absolute atomic E-state index is 0.0954. The summed E-state index contributed by atoms with van der Waals surface area (Å²) in [5.41, 5.74) is 0.0954. The molecule has 1 radical (unpaired) electrons. The quantitative estimate of drug-likeness (QED) is 0.673. The molecule has 0 aliphatic carbocycles. The third-order valence-electron chi connectivity index (χ3n) is 1.13. The highest BCUT2D eigenvalue weighted by molar-refractivity contribution is 5.35. The van der Waals surface area contributed by atoms with Crippen LogP contribution in [-0.4, -0.2) is 6.36 Å². The lowest BCUT2D eigenvalue weighted by Gasteiger charge is -2.07. The number of halogens is 3. The number of hydrogen-bond acceptors (Lipinski definition) is 2. The van der Waals surface area contributed by atoms with Crippen LogP contribution in [0.25, 0.3) is 0 Å². The molecule has 0 bridgehead atoms. The molecule has 1 rings (SSSR count). The van der Waals surface area contributed by atoms with Crippen LogP contribution in [0.15, 0.2) is 18.2 Å². The maximum atomic E-state index is 11.7. The third-order valence-corrected chi connectivity index (χ3v) is 1.13. The van der Waals surface area contributed by atoms with E-state index in [1.165, 1.54) is 12.1 Å². The molecule has 0 saturated heterocycles. The van der Waals surface area contributed by atoms with Gasteiger partial charge in [0, 0.05) is 6.07 Å². The highest BCUT2D eigenvalue weighted by atomic mass is 19.4. The Morgan fingerprint density at radius 3 is 2.69 bits per heavy atom. The van der Waals surface area contributed by atoms with Gasteiger partial charge in [-0.25, -0.2) is 0 Å². The van der Waals surface area contributed by atoms with Gasteiger partial charge in [0.2, 0.25) is 0 Å². The normalized spacial score (nSPS) is 10.6. The summed E-state index contributed by atoms with van der Waals surface area (Å²) in [7, 11) is 0. The van der Waals surface area contributed by atoms with Gasteiger partial charge in [-0.1, -0.05) is 0 Å². The lowest BCUT2D eigenvalue weighted by Crippen LogP contribution is -2.17. The molecule has 0 aliphatic rings. The van der Waals surface area contributed by atoms with Gasteiger partial charge in [-0.15, -0.1) is 13.2 Å². The molecule has 0 unspecified atom stereocenters. The molecule has 0 fully saturated rings. The molecule has 0 spiro atoms. The van der Waals surface area contributed by atoms with Crippen LogP contribution in [0.1, 0.15) is 5.56 Å². The molecular formula is C8H3F3NO. The van der Waals surface area contributed by atoms with Crippen LogP contribution < -0.4 is 4.74 Å². The van der Waals surface area contributed by atoms with Gasteiger partial charge in [0.1, 0.15) is 5.75 Å². The molecule has 1 aromatic rings. The van der Waals surface area contributed by atoms with Crippen molar-refractivity contribution >= 4 is 0 Å². The first-order chi connectivity index (χ1) is 6.01. The van der Waals surface area contributed by atoms with E-state index >= 15 is 0 Å². The van der Waals surface area contributed by atoms with E-state index < -0.39 is 12.1 Å². The third kappa shape index (κ3) is 3.03. The van der Waals surface area contributed by atoms with Gasteiger partial charge in [-0.2, -0.15) is 5.26 Å². The monoisotopic (exact) mass is 186 g/mol. The van der Waals surface area contributed by atoms with Crippen LogP contribution in [0.3, 0.4) is 0 Å². The average molecular weight is 186 g/mol. The van der Waals surface area contributed by atoms with Crippen molar-refractivity contribution in [3.8, 4) is 11.8 Å². The number of benzene rings is 1. The van der Waals surface area contributed by atoms with Crippen molar-refractivity contribution in [1.29, 1.82) is 5.26 Å². The van der Waals surface area contributed by atoms with Crippen LogP contribution in [0.4, 0.5) is 13.2 Å². The number of ether oxygens (including phenoxy) is 1. The van der Waals surface area contributed by atoms with Gasteiger partial charge >= 0.3 is 6.36 Å². The fourth-order valence-electron chi connectivity index (χ4n) is 0.698. The van der Waals surface area contributed by atoms with E-state index in [2.05, 4.69) is 10.8 Å². The highest BCUT2D eigenvalue weighted by Gasteiger charge is 2.31. The molecule has 1 aromatic carbocycles. The summed E-state index contributed by atoms with van der Waals surface area (Å²) in [4.78, 5) is 0. The molecule has 0 aliphatic heterocycles. The van der Waals surface area contributed by atoms with E-state index in [9.17, 15) is 13.2 Å². The second kappa shape index (κ2) is 3.35.